The standard InChI is InChI=1S/C21H25ClN2O2S/c1-14(2)18-7-4-6-15(3)20(18)24-21(27)23-19(25)8-5-13-26-17-11-9-16(22)10-12-17/h4,6-7,9-12,14H,5,8,13H2,1-3H3,(H2,23,24,25,27). The number of thiocarbonyl (C=S) groups is 1. The van der Waals surface area contributed by atoms with Gasteiger partial charge < -0.3 is 15.4 Å². The van der Waals surface area contributed by atoms with Gasteiger partial charge in [0.2, 0.25) is 5.91 Å². The molecule has 6 heteroatoms. The normalized spacial score (nSPS) is 10.6. The summed E-state index contributed by atoms with van der Waals surface area (Å²) in [5.74, 6) is 0.959. The molecule has 2 rings (SSSR count). The highest BCUT2D eigenvalue weighted by molar-refractivity contribution is 7.80. The number of anilines is 1. The van der Waals surface area contributed by atoms with Crippen LogP contribution in [0.2, 0.25) is 5.02 Å². The van der Waals surface area contributed by atoms with Crippen LogP contribution in [0.1, 0.15) is 43.7 Å². The van der Waals surface area contributed by atoms with Crippen molar-refractivity contribution in [1.29, 1.82) is 0 Å². The molecule has 1 amide bonds. The van der Waals surface area contributed by atoms with Gasteiger partial charge in [-0.15, -0.1) is 0 Å². The van der Waals surface area contributed by atoms with E-state index in [0.717, 1.165) is 17.0 Å². The number of nitrogens with one attached hydrogen (secondary N) is 2. The summed E-state index contributed by atoms with van der Waals surface area (Å²) >= 11 is 11.1. The number of carbonyl (C=O) groups is 1. The van der Waals surface area contributed by atoms with Crippen molar-refractivity contribution in [3.63, 3.8) is 0 Å². The Morgan fingerprint density at radius 3 is 2.56 bits per heavy atom. The summed E-state index contributed by atoms with van der Waals surface area (Å²) in [7, 11) is 0. The molecule has 0 bridgehead atoms. The van der Waals surface area contributed by atoms with Gasteiger partial charge >= 0.3 is 0 Å². The third-order valence-electron chi connectivity index (χ3n) is 4.05. The van der Waals surface area contributed by atoms with Gasteiger partial charge in [-0.2, -0.15) is 0 Å². The molecule has 0 saturated carbocycles. The van der Waals surface area contributed by atoms with Gasteiger partial charge in [0.25, 0.3) is 0 Å². The van der Waals surface area contributed by atoms with Crippen LogP contribution in [0.4, 0.5) is 5.69 Å². The van der Waals surface area contributed by atoms with Crippen LogP contribution < -0.4 is 15.4 Å². The summed E-state index contributed by atoms with van der Waals surface area (Å²) in [6.07, 6.45) is 0.929. The lowest BCUT2D eigenvalue weighted by Crippen LogP contribution is -2.34. The predicted molar refractivity (Wildman–Crippen MR) is 116 cm³/mol. The number of benzene rings is 2. The molecule has 4 nitrogen and oxygen atoms in total. The maximum atomic E-state index is 12.1. The maximum Gasteiger partial charge on any atom is 0.226 e. The molecule has 0 aliphatic carbocycles. The number of amides is 1. The molecule has 27 heavy (non-hydrogen) atoms. The molecule has 2 aromatic carbocycles. The molecule has 0 radical (unpaired) electrons. The van der Waals surface area contributed by atoms with Crippen LogP contribution >= 0.6 is 23.8 Å². The van der Waals surface area contributed by atoms with Crippen LogP contribution in [0.15, 0.2) is 42.5 Å². The Balaban J connectivity index is 1.77. The van der Waals surface area contributed by atoms with E-state index in [-0.39, 0.29) is 5.91 Å². The van der Waals surface area contributed by atoms with Crippen LogP contribution in [-0.2, 0) is 4.79 Å². The van der Waals surface area contributed by atoms with Crippen LogP contribution in [0.25, 0.3) is 0 Å². The molecule has 0 aliphatic rings. The molecule has 2 aromatic rings. The molecular formula is C21H25ClN2O2S. The van der Waals surface area contributed by atoms with Crippen LogP contribution in [-0.4, -0.2) is 17.6 Å². The molecule has 0 aromatic heterocycles. The van der Waals surface area contributed by atoms with Gasteiger partial charge in [-0.25, -0.2) is 0 Å². The van der Waals surface area contributed by atoms with Crippen molar-refractivity contribution in [3.8, 4) is 5.75 Å². The van der Waals surface area contributed by atoms with Crippen LogP contribution in [0.3, 0.4) is 0 Å². The second-order valence-corrected chi connectivity index (χ2v) is 7.45. The van der Waals surface area contributed by atoms with Crippen LogP contribution in [0.5, 0.6) is 5.75 Å². The number of carbonyl (C=O) groups excluding carboxylic acids is 1. The average Bonchev–Trinajstić information content (AvgIpc) is 2.61. The molecule has 0 aliphatic heterocycles. The van der Waals surface area contributed by atoms with E-state index in [9.17, 15) is 4.79 Å². The zero-order valence-corrected chi connectivity index (χ0v) is 17.4. The van der Waals surface area contributed by atoms with Crippen molar-refractivity contribution in [3.05, 3.63) is 58.6 Å². The predicted octanol–water partition coefficient (Wildman–Crippen LogP) is 5.44. The van der Waals surface area contributed by atoms with Crippen molar-refractivity contribution in [1.82, 2.24) is 5.32 Å². The number of aryl methyl sites for hydroxylation is 1. The van der Waals surface area contributed by atoms with Crippen molar-refractivity contribution in [2.75, 3.05) is 11.9 Å². The molecule has 0 spiro atoms. The van der Waals surface area contributed by atoms with Gasteiger partial charge in [-0.1, -0.05) is 43.6 Å². The molecule has 0 fully saturated rings. The third kappa shape index (κ3) is 6.85. The first-order valence-electron chi connectivity index (χ1n) is 8.95. The maximum absolute atomic E-state index is 12.1. The number of ether oxygens (including phenoxy) is 1. The lowest BCUT2D eigenvalue weighted by molar-refractivity contribution is -0.119. The van der Waals surface area contributed by atoms with E-state index >= 15 is 0 Å². The Hall–Kier alpha value is -2.11. The van der Waals surface area contributed by atoms with Crippen molar-refractivity contribution in [2.24, 2.45) is 0 Å². The van der Waals surface area contributed by atoms with Gasteiger partial charge in [-0.3, -0.25) is 4.79 Å². The van der Waals surface area contributed by atoms with E-state index in [4.69, 9.17) is 28.6 Å². The highest BCUT2D eigenvalue weighted by Crippen LogP contribution is 2.27. The first-order valence-corrected chi connectivity index (χ1v) is 9.74. The monoisotopic (exact) mass is 404 g/mol. The van der Waals surface area contributed by atoms with Gasteiger partial charge in [0.05, 0.1) is 6.61 Å². The van der Waals surface area contributed by atoms with Crippen molar-refractivity contribution >= 4 is 40.5 Å². The quantitative estimate of drug-likeness (QED) is 0.476. The van der Waals surface area contributed by atoms with Gasteiger partial charge in [0.1, 0.15) is 5.75 Å². The number of halogens is 1. The van der Waals surface area contributed by atoms with Crippen molar-refractivity contribution < 1.29 is 9.53 Å². The topological polar surface area (TPSA) is 50.4 Å². The SMILES string of the molecule is Cc1cccc(C(C)C)c1NC(=S)NC(=O)CCCOc1ccc(Cl)cc1. The summed E-state index contributed by atoms with van der Waals surface area (Å²) < 4.78 is 5.58. The molecule has 0 unspecified atom stereocenters. The fourth-order valence-corrected chi connectivity index (χ4v) is 2.97. The lowest BCUT2D eigenvalue weighted by atomic mass is 9.98. The van der Waals surface area contributed by atoms with Gasteiger partial charge in [-0.05, 0) is 66.9 Å². The number of hydrogen-bond donors (Lipinski definition) is 2. The molecular weight excluding hydrogens is 380 g/mol. The Morgan fingerprint density at radius 1 is 1.19 bits per heavy atom. The lowest BCUT2D eigenvalue weighted by Gasteiger charge is -2.18. The minimum atomic E-state index is -0.133. The summed E-state index contributed by atoms with van der Waals surface area (Å²) in [4.78, 5) is 12.1. The Labute approximate surface area is 171 Å². The van der Waals surface area contributed by atoms with E-state index in [2.05, 4.69) is 30.5 Å². The average molecular weight is 405 g/mol. The summed E-state index contributed by atoms with van der Waals surface area (Å²) in [6, 6.07) is 13.3. The first kappa shape index (κ1) is 21.2. The van der Waals surface area contributed by atoms with Crippen LogP contribution in [0, 0.1) is 6.92 Å². The Bertz CT molecular complexity index is 791. The smallest absolute Gasteiger partial charge is 0.226 e. The summed E-state index contributed by atoms with van der Waals surface area (Å²) in [5, 5.41) is 6.88. The number of hydrogen-bond acceptors (Lipinski definition) is 3. The van der Waals surface area contributed by atoms with E-state index in [1.54, 1.807) is 24.3 Å². The minimum Gasteiger partial charge on any atom is -0.494 e. The van der Waals surface area contributed by atoms with E-state index in [1.807, 2.05) is 19.1 Å². The van der Waals surface area contributed by atoms with Gasteiger partial charge in [0, 0.05) is 17.1 Å². The van der Waals surface area contributed by atoms with E-state index < -0.39 is 0 Å². The number of rotatable bonds is 7. The zero-order valence-electron chi connectivity index (χ0n) is 15.8. The fraction of sp³-hybridized carbons (Fsp3) is 0.333. The minimum absolute atomic E-state index is 0.133. The van der Waals surface area contributed by atoms with E-state index in [1.165, 1.54) is 5.56 Å². The van der Waals surface area contributed by atoms with Crippen molar-refractivity contribution in [2.45, 2.75) is 39.5 Å². The molecule has 2 N–H and O–H groups in total. The molecule has 0 saturated heterocycles. The Morgan fingerprint density at radius 2 is 1.89 bits per heavy atom. The zero-order chi connectivity index (χ0) is 19.8. The second-order valence-electron chi connectivity index (χ2n) is 6.60. The second kappa shape index (κ2) is 10.3. The van der Waals surface area contributed by atoms with Gasteiger partial charge in [0.15, 0.2) is 5.11 Å². The largest absolute Gasteiger partial charge is 0.494 e. The fourth-order valence-electron chi connectivity index (χ4n) is 2.63. The molecule has 144 valence electrons. The highest BCUT2D eigenvalue weighted by atomic mass is 35.5. The first-order chi connectivity index (χ1) is 12.9. The summed E-state index contributed by atoms with van der Waals surface area (Å²) in [6.45, 7) is 6.72. The molecule has 0 atom stereocenters. The Kier molecular flexibility index (Phi) is 8.07. The highest BCUT2D eigenvalue weighted by Gasteiger charge is 2.11. The number of para-hydroxylation sites is 1. The third-order valence-corrected chi connectivity index (χ3v) is 4.51. The summed E-state index contributed by atoms with van der Waals surface area (Å²) in [5.41, 5.74) is 3.22. The molecule has 0 heterocycles. The van der Waals surface area contributed by atoms with E-state index in [0.29, 0.717) is 35.5 Å².